The molecule has 0 saturated carbocycles. The summed E-state index contributed by atoms with van der Waals surface area (Å²) in [6, 6.07) is 5.24. The number of hydrogen-bond donors (Lipinski definition) is 2. The maximum absolute atomic E-state index is 15.6. The van der Waals surface area contributed by atoms with Crippen LogP contribution in [-0.4, -0.2) is 95.6 Å². The summed E-state index contributed by atoms with van der Waals surface area (Å²) in [4.78, 5) is 56.6. The van der Waals surface area contributed by atoms with E-state index in [1.807, 2.05) is 14.0 Å². The first kappa shape index (κ1) is 33.3. The number of ketones is 1. The van der Waals surface area contributed by atoms with E-state index in [-0.39, 0.29) is 42.0 Å². The summed E-state index contributed by atoms with van der Waals surface area (Å²) >= 11 is 0. The second-order valence-electron chi connectivity index (χ2n) is 11.8. The molecule has 0 radical (unpaired) electrons. The number of rotatable bonds is 12. The Kier molecular flexibility index (Phi) is 11.6. The fraction of sp³-hybridized carbons (Fsp3) is 0.594. The van der Waals surface area contributed by atoms with Gasteiger partial charge < -0.3 is 25.2 Å². The van der Waals surface area contributed by atoms with Gasteiger partial charge in [0.25, 0.3) is 0 Å². The van der Waals surface area contributed by atoms with E-state index < -0.39 is 29.6 Å². The molecular weight excluding hydrogens is 567 g/mol. The van der Waals surface area contributed by atoms with E-state index in [9.17, 15) is 19.2 Å². The topological polar surface area (TPSA) is 126 Å². The number of carbonyl (C=O) groups excluding carboxylic acids is 4. The summed E-state index contributed by atoms with van der Waals surface area (Å²) in [6.07, 6.45) is 3.02. The van der Waals surface area contributed by atoms with E-state index in [1.54, 1.807) is 41.8 Å². The third-order valence-electron chi connectivity index (χ3n) is 8.87. The van der Waals surface area contributed by atoms with Crippen LogP contribution in [0.3, 0.4) is 0 Å². The molecule has 0 unspecified atom stereocenters. The standard InChI is InChI=1S/C32H45FN6O5/c1-5-29(41)36-30(32(43)38-15-13-37(4)14-16-38)21(3)23-7-8-26(25(33)19-23)35-31(42)24(22-10-17-44-18-11-22)20-28(40)27-9-12-34-39(27)6-2/h7-9,12,19,21-22,24,30H,5-6,10-11,13-18,20H2,1-4H3,(H,35,42)(H,36,41)/t21-,24-,30+/m0/s1. The van der Waals surface area contributed by atoms with Crippen molar-refractivity contribution in [2.45, 2.75) is 65.0 Å². The molecule has 3 amide bonds. The number of likely N-dealkylation sites (N-methyl/N-ethyl adjacent to an activating group) is 1. The van der Waals surface area contributed by atoms with Gasteiger partial charge in [-0.15, -0.1) is 0 Å². The minimum Gasteiger partial charge on any atom is -0.381 e. The predicted molar refractivity (Wildman–Crippen MR) is 164 cm³/mol. The molecule has 2 aromatic rings. The molecule has 4 rings (SSSR count). The van der Waals surface area contributed by atoms with Gasteiger partial charge in [-0.25, -0.2) is 4.39 Å². The summed E-state index contributed by atoms with van der Waals surface area (Å²) < 4.78 is 22.6. The minimum atomic E-state index is -0.855. The SMILES string of the molecule is CCC(=O)N[C@@H](C(=O)N1CCN(C)CC1)[C@@H](C)c1ccc(NC(=O)[C@@H](CC(=O)c2ccnn2CC)C2CCOCC2)c(F)c1. The third-order valence-corrected chi connectivity index (χ3v) is 8.87. The van der Waals surface area contributed by atoms with Gasteiger partial charge in [-0.2, -0.15) is 5.10 Å². The second-order valence-corrected chi connectivity index (χ2v) is 11.8. The number of nitrogens with one attached hydrogen (secondary N) is 2. The van der Waals surface area contributed by atoms with Crippen LogP contribution in [0.1, 0.15) is 68.4 Å². The Morgan fingerprint density at radius 1 is 1.07 bits per heavy atom. The normalized spacial score (nSPS) is 18.3. The average Bonchev–Trinajstić information content (AvgIpc) is 3.52. The number of benzene rings is 1. The zero-order chi connectivity index (χ0) is 31.8. The van der Waals surface area contributed by atoms with Gasteiger partial charge >= 0.3 is 0 Å². The molecule has 2 fully saturated rings. The highest BCUT2D eigenvalue weighted by Gasteiger charge is 2.35. The number of carbonyl (C=O) groups is 4. The van der Waals surface area contributed by atoms with Crippen LogP contribution in [0.4, 0.5) is 10.1 Å². The number of halogens is 1. The molecule has 2 N–H and O–H groups in total. The van der Waals surface area contributed by atoms with Crippen molar-refractivity contribution < 1.29 is 28.3 Å². The molecule has 0 aliphatic carbocycles. The monoisotopic (exact) mass is 612 g/mol. The van der Waals surface area contributed by atoms with Crippen LogP contribution in [0.5, 0.6) is 0 Å². The molecule has 2 saturated heterocycles. The van der Waals surface area contributed by atoms with Gasteiger partial charge in [-0.05, 0) is 56.5 Å². The van der Waals surface area contributed by atoms with Crippen LogP contribution < -0.4 is 10.6 Å². The third kappa shape index (κ3) is 8.09. The smallest absolute Gasteiger partial charge is 0.245 e. The van der Waals surface area contributed by atoms with Crippen molar-refractivity contribution in [3.8, 4) is 0 Å². The van der Waals surface area contributed by atoms with E-state index in [4.69, 9.17) is 4.74 Å². The lowest BCUT2D eigenvalue weighted by Gasteiger charge is -2.36. The van der Waals surface area contributed by atoms with Gasteiger partial charge in [-0.3, -0.25) is 23.9 Å². The first-order valence-electron chi connectivity index (χ1n) is 15.6. The van der Waals surface area contributed by atoms with Crippen molar-refractivity contribution >= 4 is 29.2 Å². The number of Topliss-reactive ketones (excluding diaryl/α,β-unsaturated/α-hetero) is 1. The Morgan fingerprint density at radius 2 is 1.77 bits per heavy atom. The number of nitrogens with zero attached hydrogens (tertiary/aromatic N) is 4. The molecular formula is C32H45FN6O5. The lowest BCUT2D eigenvalue weighted by molar-refractivity contribution is -0.138. The number of aryl methyl sites for hydroxylation is 1. The van der Waals surface area contributed by atoms with Gasteiger partial charge in [0.05, 0.1) is 5.69 Å². The van der Waals surface area contributed by atoms with Crippen molar-refractivity contribution in [3.63, 3.8) is 0 Å². The molecule has 1 aromatic heterocycles. The van der Waals surface area contributed by atoms with Crippen LogP contribution in [0.25, 0.3) is 0 Å². The number of anilines is 1. The van der Waals surface area contributed by atoms with Crippen molar-refractivity contribution in [2.24, 2.45) is 11.8 Å². The summed E-state index contributed by atoms with van der Waals surface area (Å²) in [5.41, 5.74) is 0.958. The highest BCUT2D eigenvalue weighted by molar-refractivity contribution is 6.00. The summed E-state index contributed by atoms with van der Waals surface area (Å²) in [6.45, 7) is 9.50. The molecule has 3 heterocycles. The van der Waals surface area contributed by atoms with Crippen LogP contribution in [-0.2, 0) is 25.7 Å². The van der Waals surface area contributed by atoms with Crippen LogP contribution in [0, 0.1) is 17.7 Å². The Morgan fingerprint density at radius 3 is 2.41 bits per heavy atom. The fourth-order valence-corrected chi connectivity index (χ4v) is 5.95. The maximum Gasteiger partial charge on any atom is 0.245 e. The van der Waals surface area contributed by atoms with E-state index >= 15 is 4.39 Å². The lowest BCUT2D eigenvalue weighted by atomic mass is 9.81. The number of ether oxygens (including phenoxy) is 1. The Hall–Kier alpha value is -3.64. The van der Waals surface area contributed by atoms with E-state index in [1.165, 1.54) is 12.1 Å². The second kappa shape index (κ2) is 15.4. The quantitative estimate of drug-likeness (QED) is 0.353. The van der Waals surface area contributed by atoms with Crippen molar-refractivity contribution in [3.05, 3.63) is 47.5 Å². The molecule has 0 spiro atoms. The van der Waals surface area contributed by atoms with Crippen LogP contribution in [0.15, 0.2) is 30.5 Å². The Bertz CT molecular complexity index is 1320. The largest absolute Gasteiger partial charge is 0.381 e. The molecule has 3 atom stereocenters. The fourth-order valence-electron chi connectivity index (χ4n) is 5.95. The number of amides is 3. The van der Waals surface area contributed by atoms with E-state index in [0.29, 0.717) is 56.9 Å². The van der Waals surface area contributed by atoms with Gasteiger partial charge in [0.1, 0.15) is 17.6 Å². The van der Waals surface area contributed by atoms with Crippen LogP contribution >= 0.6 is 0 Å². The van der Waals surface area contributed by atoms with Gasteiger partial charge in [0.2, 0.25) is 17.7 Å². The van der Waals surface area contributed by atoms with Crippen LogP contribution in [0.2, 0.25) is 0 Å². The highest BCUT2D eigenvalue weighted by Crippen LogP contribution is 2.31. The predicted octanol–water partition coefficient (Wildman–Crippen LogP) is 3.07. The Balaban J connectivity index is 1.51. The number of piperazine rings is 1. The van der Waals surface area contributed by atoms with Crippen molar-refractivity contribution in [2.75, 3.05) is 51.8 Å². The van der Waals surface area contributed by atoms with E-state index in [2.05, 4.69) is 20.6 Å². The molecule has 2 aliphatic heterocycles. The van der Waals surface area contributed by atoms with Crippen molar-refractivity contribution in [1.29, 1.82) is 0 Å². The number of hydrogen-bond acceptors (Lipinski definition) is 7. The van der Waals surface area contributed by atoms with Crippen molar-refractivity contribution in [1.82, 2.24) is 24.9 Å². The average molecular weight is 613 g/mol. The van der Waals surface area contributed by atoms with Gasteiger partial charge in [0.15, 0.2) is 5.78 Å². The summed E-state index contributed by atoms with van der Waals surface area (Å²) in [7, 11) is 2.00. The lowest BCUT2D eigenvalue weighted by Crippen LogP contribution is -2.55. The zero-order valence-corrected chi connectivity index (χ0v) is 26.2. The summed E-state index contributed by atoms with van der Waals surface area (Å²) in [5, 5.41) is 9.74. The Labute approximate surface area is 258 Å². The van der Waals surface area contributed by atoms with Gasteiger partial charge in [0, 0.05) is 76.8 Å². The zero-order valence-electron chi connectivity index (χ0n) is 26.2. The molecule has 12 heteroatoms. The molecule has 0 bridgehead atoms. The highest BCUT2D eigenvalue weighted by atomic mass is 19.1. The first-order valence-corrected chi connectivity index (χ1v) is 15.6. The molecule has 2 aliphatic rings. The number of aromatic nitrogens is 2. The maximum atomic E-state index is 15.6. The first-order chi connectivity index (χ1) is 21.1. The molecule has 11 nitrogen and oxygen atoms in total. The molecule has 240 valence electrons. The molecule has 44 heavy (non-hydrogen) atoms. The van der Waals surface area contributed by atoms with Gasteiger partial charge in [-0.1, -0.05) is 19.9 Å². The molecule has 1 aromatic carbocycles. The summed E-state index contributed by atoms with van der Waals surface area (Å²) in [5.74, 6) is -3.00. The van der Waals surface area contributed by atoms with E-state index in [0.717, 1.165) is 13.1 Å². The minimum absolute atomic E-state index is 0.00593.